The van der Waals surface area contributed by atoms with Crippen LogP contribution in [0.2, 0.25) is 0 Å². The Kier molecular flexibility index (Phi) is 5.56. The van der Waals surface area contributed by atoms with Gasteiger partial charge in [0, 0.05) is 46.1 Å². The lowest BCUT2D eigenvalue weighted by Gasteiger charge is -2.41. The molecule has 1 spiro atoms. The van der Waals surface area contributed by atoms with Crippen LogP contribution in [0.1, 0.15) is 25.3 Å². The summed E-state index contributed by atoms with van der Waals surface area (Å²) in [5.41, 5.74) is 0.236. The summed E-state index contributed by atoms with van der Waals surface area (Å²) in [6.07, 6.45) is 1.39. The molecule has 8 heteroatoms. The molecule has 0 saturated carbocycles. The van der Waals surface area contributed by atoms with Crippen molar-refractivity contribution in [3.05, 3.63) is 29.8 Å². The monoisotopic (exact) mass is 391 g/mol. The van der Waals surface area contributed by atoms with Gasteiger partial charge in [-0.1, -0.05) is 6.07 Å². The van der Waals surface area contributed by atoms with Gasteiger partial charge in [0.15, 0.2) is 0 Å². The van der Waals surface area contributed by atoms with Gasteiger partial charge in [0.05, 0.1) is 23.1 Å². The fourth-order valence-electron chi connectivity index (χ4n) is 4.32. The molecule has 0 N–H and O–H groups in total. The van der Waals surface area contributed by atoms with Crippen molar-refractivity contribution in [2.24, 2.45) is 11.3 Å². The lowest BCUT2D eigenvalue weighted by molar-refractivity contribution is -0.128. The van der Waals surface area contributed by atoms with E-state index in [1.165, 1.54) is 16.4 Å². The third kappa shape index (κ3) is 3.72. The van der Waals surface area contributed by atoms with E-state index in [-0.39, 0.29) is 22.1 Å². The predicted molar refractivity (Wildman–Crippen MR) is 99.2 cm³/mol. The topological polar surface area (TPSA) is 90.7 Å². The fourth-order valence-corrected chi connectivity index (χ4v) is 5.81. The quantitative estimate of drug-likeness (QED) is 0.775. The molecule has 0 aromatic heterocycles. The number of sulfonamides is 1. The zero-order valence-corrected chi connectivity index (χ0v) is 16.5. The van der Waals surface area contributed by atoms with Crippen LogP contribution in [0.4, 0.5) is 0 Å². The first-order chi connectivity index (χ1) is 12.8. The maximum Gasteiger partial charge on any atom is 0.243 e. The third-order valence-electron chi connectivity index (χ3n) is 5.94. The first-order valence-electron chi connectivity index (χ1n) is 9.07. The Morgan fingerprint density at radius 1 is 1.37 bits per heavy atom. The Hall–Kier alpha value is -1.95. The molecule has 7 nitrogen and oxygen atoms in total. The number of likely N-dealkylation sites (tertiary alicyclic amines) is 1. The van der Waals surface area contributed by atoms with E-state index in [9.17, 15) is 13.2 Å². The molecular weight excluding hydrogens is 366 g/mol. The zero-order valence-electron chi connectivity index (χ0n) is 15.7. The highest BCUT2D eigenvalue weighted by atomic mass is 32.2. The number of carbonyl (C=O) groups excluding carboxylic acids is 1. The van der Waals surface area contributed by atoms with Crippen molar-refractivity contribution < 1.29 is 17.9 Å². The van der Waals surface area contributed by atoms with Crippen molar-refractivity contribution in [1.82, 2.24) is 9.21 Å². The number of methoxy groups -OCH3 is 1. The van der Waals surface area contributed by atoms with Crippen molar-refractivity contribution in [1.29, 1.82) is 5.26 Å². The van der Waals surface area contributed by atoms with Crippen LogP contribution in [0.15, 0.2) is 29.2 Å². The van der Waals surface area contributed by atoms with Crippen LogP contribution in [-0.4, -0.2) is 63.4 Å². The van der Waals surface area contributed by atoms with Crippen molar-refractivity contribution >= 4 is 15.9 Å². The molecule has 27 heavy (non-hydrogen) atoms. The summed E-state index contributed by atoms with van der Waals surface area (Å²) in [6.45, 7) is 4.29. The average molecular weight is 391 g/mol. The summed E-state index contributed by atoms with van der Waals surface area (Å²) < 4.78 is 32.8. The van der Waals surface area contributed by atoms with Gasteiger partial charge in [0.25, 0.3) is 0 Å². The van der Waals surface area contributed by atoms with E-state index < -0.39 is 10.0 Å². The molecule has 0 radical (unpaired) electrons. The Bertz CT molecular complexity index is 854. The van der Waals surface area contributed by atoms with E-state index in [1.807, 2.05) is 11.0 Å². The van der Waals surface area contributed by atoms with Crippen LogP contribution in [0, 0.1) is 22.7 Å². The highest BCUT2D eigenvalue weighted by Crippen LogP contribution is 2.45. The van der Waals surface area contributed by atoms with Gasteiger partial charge in [0.1, 0.15) is 0 Å². The molecule has 2 heterocycles. The van der Waals surface area contributed by atoms with Crippen molar-refractivity contribution in [2.75, 3.05) is 39.9 Å². The van der Waals surface area contributed by atoms with Crippen molar-refractivity contribution in [3.63, 3.8) is 0 Å². The second-order valence-electron chi connectivity index (χ2n) is 7.46. The molecule has 3 rings (SSSR count). The molecule has 2 fully saturated rings. The fraction of sp³-hybridized carbons (Fsp3) is 0.579. The standard InChI is InChI=1S/C19H25N3O4S/c1-15(23)21-12-17(13-26-2)19(14-21)6-8-22(9-7-19)27(24,25)18-5-3-4-16(10-18)11-20/h3-5,10,17H,6-9,12-14H2,1-2H3. The molecule has 2 aliphatic rings. The van der Waals surface area contributed by atoms with Gasteiger partial charge in [-0.25, -0.2) is 8.42 Å². The average Bonchev–Trinajstić information content (AvgIpc) is 3.01. The van der Waals surface area contributed by atoms with Gasteiger partial charge < -0.3 is 9.64 Å². The second kappa shape index (κ2) is 7.58. The second-order valence-corrected chi connectivity index (χ2v) is 9.40. The first-order valence-corrected chi connectivity index (χ1v) is 10.5. The largest absolute Gasteiger partial charge is 0.384 e. The first kappa shape index (κ1) is 19.8. The number of amides is 1. The minimum atomic E-state index is -3.63. The maximum absolute atomic E-state index is 13.0. The Morgan fingerprint density at radius 2 is 2.07 bits per heavy atom. The van der Waals surface area contributed by atoms with Crippen LogP contribution in [0.5, 0.6) is 0 Å². The number of nitriles is 1. The molecule has 1 unspecified atom stereocenters. The van der Waals surface area contributed by atoms with Gasteiger partial charge in [-0.15, -0.1) is 0 Å². The predicted octanol–water partition coefficient (Wildman–Crippen LogP) is 1.45. The number of benzene rings is 1. The number of ether oxygens (including phenoxy) is 1. The number of nitrogens with zero attached hydrogens (tertiary/aromatic N) is 3. The van der Waals surface area contributed by atoms with Gasteiger partial charge in [-0.05, 0) is 36.5 Å². The lowest BCUT2D eigenvalue weighted by Crippen LogP contribution is -2.47. The SMILES string of the molecule is COCC1CN(C(C)=O)CC12CCN(S(=O)(=O)c1cccc(C#N)c1)CC2. The van der Waals surface area contributed by atoms with E-state index in [0.29, 0.717) is 51.2 Å². The Labute approximate surface area is 160 Å². The summed E-state index contributed by atoms with van der Waals surface area (Å²) in [6, 6.07) is 8.11. The lowest BCUT2D eigenvalue weighted by atomic mass is 9.71. The minimum Gasteiger partial charge on any atom is -0.384 e. The van der Waals surface area contributed by atoms with Crippen LogP contribution in [0.3, 0.4) is 0 Å². The minimum absolute atomic E-state index is 0.0522. The van der Waals surface area contributed by atoms with Crippen LogP contribution >= 0.6 is 0 Å². The van der Waals surface area contributed by atoms with E-state index in [1.54, 1.807) is 26.2 Å². The smallest absolute Gasteiger partial charge is 0.243 e. The summed E-state index contributed by atoms with van der Waals surface area (Å²) in [5, 5.41) is 9.02. The highest BCUT2D eigenvalue weighted by molar-refractivity contribution is 7.89. The highest BCUT2D eigenvalue weighted by Gasteiger charge is 2.49. The van der Waals surface area contributed by atoms with E-state index in [2.05, 4.69) is 0 Å². The molecule has 2 saturated heterocycles. The van der Waals surface area contributed by atoms with E-state index in [0.717, 1.165) is 0 Å². The number of carbonyl (C=O) groups is 1. The molecule has 1 amide bonds. The number of hydrogen-bond donors (Lipinski definition) is 0. The number of rotatable bonds is 4. The van der Waals surface area contributed by atoms with E-state index in [4.69, 9.17) is 10.00 Å². The normalized spacial score (nSPS) is 22.7. The molecule has 146 valence electrons. The Morgan fingerprint density at radius 3 is 2.67 bits per heavy atom. The summed E-state index contributed by atoms with van der Waals surface area (Å²) in [7, 11) is -1.97. The van der Waals surface area contributed by atoms with Crippen molar-refractivity contribution in [2.45, 2.75) is 24.7 Å². The molecule has 1 aromatic carbocycles. The molecule has 0 aliphatic carbocycles. The zero-order chi connectivity index (χ0) is 19.7. The van der Waals surface area contributed by atoms with Crippen LogP contribution < -0.4 is 0 Å². The van der Waals surface area contributed by atoms with Gasteiger partial charge >= 0.3 is 0 Å². The van der Waals surface area contributed by atoms with Crippen LogP contribution in [-0.2, 0) is 19.6 Å². The van der Waals surface area contributed by atoms with Gasteiger partial charge in [0.2, 0.25) is 15.9 Å². The van der Waals surface area contributed by atoms with Gasteiger partial charge in [-0.2, -0.15) is 9.57 Å². The third-order valence-corrected chi connectivity index (χ3v) is 7.84. The molecule has 0 bridgehead atoms. The summed E-state index contributed by atoms with van der Waals surface area (Å²) >= 11 is 0. The number of hydrogen-bond acceptors (Lipinski definition) is 5. The molecular formula is C19H25N3O4S. The molecule has 1 atom stereocenters. The number of piperidine rings is 1. The van der Waals surface area contributed by atoms with Crippen molar-refractivity contribution in [3.8, 4) is 6.07 Å². The van der Waals surface area contributed by atoms with Gasteiger partial charge in [-0.3, -0.25) is 4.79 Å². The summed E-state index contributed by atoms with van der Waals surface area (Å²) in [5.74, 6) is 0.273. The van der Waals surface area contributed by atoms with E-state index >= 15 is 0 Å². The molecule has 2 aliphatic heterocycles. The maximum atomic E-state index is 13.0. The Balaban J connectivity index is 1.77. The molecule has 1 aromatic rings. The van der Waals surface area contributed by atoms with Crippen LogP contribution in [0.25, 0.3) is 0 Å². The summed E-state index contributed by atoms with van der Waals surface area (Å²) in [4.78, 5) is 13.8.